The molecule has 17 nitrogen and oxygen atoms in total. The van der Waals surface area contributed by atoms with Crippen molar-refractivity contribution >= 4 is 39.5 Å². The fraction of sp³-hybridized carbons (Fsp3) is 0.947. The number of phosphoric acid groups is 2. The molecule has 0 saturated carbocycles. The molecule has 0 aliphatic carbocycles. The number of ether oxygens (including phenoxy) is 4. The van der Waals surface area contributed by atoms with E-state index in [4.69, 9.17) is 37.0 Å². The fourth-order valence-electron chi connectivity index (χ4n) is 11.4. The number of unbranched alkanes of at least 4 members (excludes halogenated alkanes) is 41. The second-order valence-electron chi connectivity index (χ2n) is 28.5. The van der Waals surface area contributed by atoms with E-state index in [0.29, 0.717) is 31.6 Å². The third kappa shape index (κ3) is 68.6. The largest absolute Gasteiger partial charge is 0.472 e. The molecule has 19 heteroatoms. The first kappa shape index (κ1) is 92.1. The van der Waals surface area contributed by atoms with Gasteiger partial charge < -0.3 is 33.8 Å². The summed E-state index contributed by atoms with van der Waals surface area (Å²) in [5.74, 6) is 0.137. The predicted octanol–water partition coefficient (Wildman–Crippen LogP) is 21.8. The highest BCUT2D eigenvalue weighted by atomic mass is 31.2. The van der Waals surface area contributed by atoms with Crippen LogP contribution in [0.3, 0.4) is 0 Å². The third-order valence-electron chi connectivity index (χ3n) is 17.4. The molecule has 3 N–H and O–H groups in total. The van der Waals surface area contributed by atoms with Crippen LogP contribution in [-0.4, -0.2) is 96.7 Å². The summed E-state index contributed by atoms with van der Waals surface area (Å²) in [6.45, 7) is 11.8. The first-order valence-corrected chi connectivity index (χ1v) is 41.8. The number of aliphatic hydroxyl groups is 1. The minimum absolute atomic E-state index is 0.106. The highest BCUT2D eigenvalue weighted by Crippen LogP contribution is 2.45. The molecule has 0 aromatic rings. The smallest absolute Gasteiger partial charge is 0.462 e. The summed E-state index contributed by atoms with van der Waals surface area (Å²) >= 11 is 0. The number of hydrogen-bond donors (Lipinski definition) is 3. The Morgan fingerprint density at radius 1 is 0.287 bits per heavy atom. The lowest BCUT2D eigenvalue weighted by Gasteiger charge is -2.21. The van der Waals surface area contributed by atoms with Gasteiger partial charge in [0.1, 0.15) is 19.3 Å². The van der Waals surface area contributed by atoms with Crippen LogP contribution in [0.15, 0.2) is 0 Å². The van der Waals surface area contributed by atoms with Gasteiger partial charge in [-0.25, -0.2) is 9.13 Å². The number of esters is 4. The maximum atomic E-state index is 13.1. The number of carbonyl (C=O) groups is 4. The number of aliphatic hydroxyl groups excluding tert-OH is 1. The van der Waals surface area contributed by atoms with Gasteiger partial charge in [0.25, 0.3) is 0 Å². The molecule has 0 aliphatic heterocycles. The van der Waals surface area contributed by atoms with Crippen LogP contribution in [-0.2, 0) is 65.4 Å². The molecule has 0 rings (SSSR count). The Labute approximate surface area is 575 Å². The van der Waals surface area contributed by atoms with Crippen molar-refractivity contribution in [3.05, 3.63) is 0 Å². The highest BCUT2D eigenvalue weighted by molar-refractivity contribution is 7.47. The van der Waals surface area contributed by atoms with E-state index >= 15 is 0 Å². The van der Waals surface area contributed by atoms with Crippen LogP contribution in [0.2, 0.25) is 0 Å². The van der Waals surface area contributed by atoms with E-state index in [0.717, 1.165) is 108 Å². The maximum absolute atomic E-state index is 13.1. The topological polar surface area (TPSA) is 237 Å². The quantitative estimate of drug-likeness (QED) is 0.0222. The van der Waals surface area contributed by atoms with E-state index in [1.165, 1.54) is 186 Å². The van der Waals surface area contributed by atoms with Crippen molar-refractivity contribution in [1.29, 1.82) is 0 Å². The Hall–Kier alpha value is -1.94. The first-order valence-electron chi connectivity index (χ1n) is 38.8. The van der Waals surface area contributed by atoms with Crippen molar-refractivity contribution in [1.82, 2.24) is 0 Å². The van der Waals surface area contributed by atoms with Crippen LogP contribution in [0.25, 0.3) is 0 Å². The van der Waals surface area contributed by atoms with Gasteiger partial charge in [-0.05, 0) is 43.4 Å². The SMILES string of the molecule is CCCCCCCCCCCCCC(=O)O[C@H](COC(=O)CCCCCCCCC(C)C)COP(=O)(O)OC[C@H](O)COP(=O)(O)OC[C@@H](COC(=O)CCCCCCCCCCCCC(C)C)OC(=O)CCCCCCCCCCCCCCCCCCCCC(C)C. The number of carbonyl (C=O) groups excluding carboxylic acids is 4. The molecular weight excluding hydrogens is 1230 g/mol. The van der Waals surface area contributed by atoms with Gasteiger partial charge in [-0.3, -0.25) is 37.3 Å². The molecular formula is C75H146O17P2. The molecule has 0 radical (unpaired) electrons. The Morgan fingerprint density at radius 3 is 0.723 bits per heavy atom. The summed E-state index contributed by atoms with van der Waals surface area (Å²) in [7, 11) is -9.91. The molecule has 0 heterocycles. The molecule has 0 aromatic heterocycles. The lowest BCUT2D eigenvalue weighted by molar-refractivity contribution is -0.161. The first-order chi connectivity index (χ1) is 45.2. The van der Waals surface area contributed by atoms with Crippen LogP contribution in [0.4, 0.5) is 0 Å². The van der Waals surface area contributed by atoms with E-state index < -0.39 is 97.5 Å². The van der Waals surface area contributed by atoms with Gasteiger partial charge in [0, 0.05) is 25.7 Å². The number of phosphoric ester groups is 2. The molecule has 558 valence electrons. The van der Waals surface area contributed by atoms with Gasteiger partial charge in [-0.15, -0.1) is 0 Å². The Balaban J connectivity index is 5.19. The minimum atomic E-state index is -4.96. The minimum Gasteiger partial charge on any atom is -0.462 e. The Morgan fingerprint density at radius 2 is 0.489 bits per heavy atom. The van der Waals surface area contributed by atoms with Crippen molar-refractivity contribution in [2.45, 2.75) is 401 Å². The standard InChI is InChI=1S/C75H146O17P2/c1-8-9-10-11-12-13-22-30-35-44-51-58-74(79)92-71(63-86-73(78)57-50-43-38-37-41-48-55-68(6)7)65-90-94(83,84)88-61-69(76)60-87-93(81,82)89-64-70(62-85-72(77)56-49-42-34-29-26-25-28-33-40-47-54-67(4)5)91-75(80)59-52-45-36-31-24-21-19-17-15-14-16-18-20-23-27-32-39-46-53-66(2)3/h66-71,76H,8-65H2,1-7H3,(H,81,82)(H,83,84)/t69-,70-,71-/m1/s1. The number of rotatable bonds is 73. The molecule has 0 amide bonds. The molecule has 5 atom stereocenters. The van der Waals surface area contributed by atoms with Crippen molar-refractivity contribution in [2.24, 2.45) is 17.8 Å². The summed E-state index contributed by atoms with van der Waals surface area (Å²) < 4.78 is 68.4. The van der Waals surface area contributed by atoms with Gasteiger partial charge in [0.05, 0.1) is 26.4 Å². The van der Waals surface area contributed by atoms with E-state index in [9.17, 15) is 43.2 Å². The van der Waals surface area contributed by atoms with Crippen molar-refractivity contribution in [3.8, 4) is 0 Å². The van der Waals surface area contributed by atoms with Crippen LogP contribution in [0.5, 0.6) is 0 Å². The summed E-state index contributed by atoms with van der Waals surface area (Å²) in [5.41, 5.74) is 0. The van der Waals surface area contributed by atoms with Crippen LogP contribution < -0.4 is 0 Å². The van der Waals surface area contributed by atoms with Crippen LogP contribution in [0, 0.1) is 17.8 Å². The molecule has 0 aliphatic rings. The molecule has 0 bridgehead atoms. The van der Waals surface area contributed by atoms with Crippen molar-refractivity contribution in [3.63, 3.8) is 0 Å². The lowest BCUT2D eigenvalue weighted by atomic mass is 10.0. The second kappa shape index (κ2) is 65.7. The zero-order chi connectivity index (χ0) is 69.4. The van der Waals surface area contributed by atoms with E-state index in [1.54, 1.807) is 0 Å². The van der Waals surface area contributed by atoms with Crippen molar-refractivity contribution < 1.29 is 80.2 Å². The maximum Gasteiger partial charge on any atom is 0.472 e. The molecule has 0 aromatic carbocycles. The zero-order valence-corrected chi connectivity index (χ0v) is 63.2. The van der Waals surface area contributed by atoms with Gasteiger partial charge in [-0.1, -0.05) is 331 Å². The molecule has 0 saturated heterocycles. The summed E-state index contributed by atoms with van der Waals surface area (Å²) in [4.78, 5) is 72.7. The Bertz CT molecular complexity index is 1840. The van der Waals surface area contributed by atoms with Crippen LogP contribution in [0.1, 0.15) is 382 Å². The molecule has 0 spiro atoms. The normalized spacial score (nSPS) is 14.1. The molecule has 94 heavy (non-hydrogen) atoms. The Kier molecular flexibility index (Phi) is 64.3. The van der Waals surface area contributed by atoms with Gasteiger partial charge in [0.15, 0.2) is 12.2 Å². The summed E-state index contributed by atoms with van der Waals surface area (Å²) in [5, 5.41) is 10.6. The lowest BCUT2D eigenvalue weighted by Crippen LogP contribution is -2.30. The summed E-state index contributed by atoms with van der Waals surface area (Å²) in [6, 6.07) is 0. The average molecular weight is 1380 g/mol. The highest BCUT2D eigenvalue weighted by Gasteiger charge is 2.30. The summed E-state index contributed by atoms with van der Waals surface area (Å²) in [6.07, 6.45) is 51.6. The molecule has 2 unspecified atom stereocenters. The second-order valence-corrected chi connectivity index (χ2v) is 31.4. The molecule has 0 fully saturated rings. The van der Waals surface area contributed by atoms with Gasteiger partial charge >= 0.3 is 39.5 Å². The fourth-order valence-corrected chi connectivity index (χ4v) is 13.0. The van der Waals surface area contributed by atoms with E-state index in [-0.39, 0.29) is 25.7 Å². The van der Waals surface area contributed by atoms with Gasteiger partial charge in [0.2, 0.25) is 0 Å². The average Bonchev–Trinajstić information content (AvgIpc) is 1.56. The predicted molar refractivity (Wildman–Crippen MR) is 381 cm³/mol. The number of hydrogen-bond acceptors (Lipinski definition) is 15. The van der Waals surface area contributed by atoms with Crippen LogP contribution >= 0.6 is 15.6 Å². The van der Waals surface area contributed by atoms with E-state index in [1.807, 2.05) is 0 Å². The van der Waals surface area contributed by atoms with Crippen molar-refractivity contribution in [2.75, 3.05) is 39.6 Å². The third-order valence-corrected chi connectivity index (χ3v) is 19.3. The zero-order valence-electron chi connectivity index (χ0n) is 61.4. The monoisotopic (exact) mass is 1380 g/mol. The van der Waals surface area contributed by atoms with Gasteiger partial charge in [-0.2, -0.15) is 0 Å². The van der Waals surface area contributed by atoms with E-state index in [2.05, 4.69) is 48.5 Å².